The second-order valence-electron chi connectivity index (χ2n) is 3.75. The van der Waals surface area contributed by atoms with Crippen molar-refractivity contribution in [3.63, 3.8) is 0 Å². The van der Waals surface area contributed by atoms with Crippen molar-refractivity contribution in [3.8, 4) is 5.75 Å². The molecule has 0 aromatic heterocycles. The van der Waals surface area contributed by atoms with E-state index in [1.54, 1.807) is 12.1 Å². The van der Waals surface area contributed by atoms with Gasteiger partial charge in [-0.05, 0) is 31.0 Å². The highest BCUT2D eigenvalue weighted by atomic mass is 35.5. The molecular weight excluding hydrogens is 229 g/mol. The van der Waals surface area contributed by atoms with Gasteiger partial charge in [0.05, 0.1) is 0 Å². The molecule has 0 radical (unpaired) electrons. The third-order valence-corrected chi connectivity index (χ3v) is 2.05. The Balaban J connectivity index is 2.71. The number of benzene rings is 1. The van der Waals surface area contributed by atoms with E-state index in [1.807, 2.05) is 6.92 Å². The van der Waals surface area contributed by atoms with E-state index < -0.39 is 5.82 Å². The Morgan fingerprint density at radius 3 is 2.81 bits per heavy atom. The molecular formula is C12H15ClFNO. The highest BCUT2D eigenvalue weighted by molar-refractivity contribution is 6.29. The fourth-order valence-corrected chi connectivity index (χ4v) is 1.37. The molecule has 0 bridgehead atoms. The number of rotatable bonds is 5. The van der Waals surface area contributed by atoms with Crippen LogP contribution in [-0.4, -0.2) is 12.6 Å². The summed E-state index contributed by atoms with van der Waals surface area (Å²) in [5.41, 5.74) is 6.48. The summed E-state index contributed by atoms with van der Waals surface area (Å²) in [5.74, 6) is -0.230. The maximum Gasteiger partial charge on any atom is 0.165 e. The van der Waals surface area contributed by atoms with E-state index in [0.29, 0.717) is 11.5 Å². The van der Waals surface area contributed by atoms with Crippen LogP contribution in [-0.2, 0) is 6.42 Å². The van der Waals surface area contributed by atoms with Crippen LogP contribution in [0.5, 0.6) is 5.75 Å². The molecule has 0 aliphatic heterocycles. The predicted octanol–water partition coefficient (Wildman–Crippen LogP) is 2.85. The third kappa shape index (κ3) is 4.21. The number of hydrogen-bond donors (Lipinski definition) is 1. The quantitative estimate of drug-likeness (QED) is 0.863. The molecule has 0 fully saturated rings. The summed E-state index contributed by atoms with van der Waals surface area (Å²) in [6.45, 7) is 5.44. The molecule has 88 valence electrons. The highest BCUT2D eigenvalue weighted by Gasteiger charge is 2.06. The van der Waals surface area contributed by atoms with Gasteiger partial charge in [-0.1, -0.05) is 24.2 Å². The minimum Gasteiger partial charge on any atom is -0.485 e. The Hall–Kier alpha value is -1.06. The van der Waals surface area contributed by atoms with Crippen LogP contribution < -0.4 is 10.5 Å². The summed E-state index contributed by atoms with van der Waals surface area (Å²) in [5, 5.41) is 0.332. The van der Waals surface area contributed by atoms with E-state index in [4.69, 9.17) is 22.1 Å². The van der Waals surface area contributed by atoms with E-state index in [2.05, 4.69) is 6.58 Å². The van der Waals surface area contributed by atoms with Crippen molar-refractivity contribution in [2.75, 3.05) is 6.61 Å². The van der Waals surface area contributed by atoms with Gasteiger partial charge >= 0.3 is 0 Å². The lowest BCUT2D eigenvalue weighted by molar-refractivity contribution is 0.338. The van der Waals surface area contributed by atoms with Gasteiger partial charge in [-0.15, -0.1) is 0 Å². The Morgan fingerprint density at radius 2 is 2.31 bits per heavy atom. The maximum absolute atomic E-state index is 13.5. The Labute approximate surface area is 99.9 Å². The molecule has 0 saturated carbocycles. The van der Waals surface area contributed by atoms with Crippen LogP contribution in [0.15, 0.2) is 29.8 Å². The molecule has 2 N–H and O–H groups in total. The lowest BCUT2D eigenvalue weighted by atomic mass is 10.1. The minimum absolute atomic E-state index is 0.00814. The molecule has 0 aliphatic carbocycles. The normalized spacial score (nSPS) is 12.2. The molecule has 2 nitrogen and oxygen atoms in total. The van der Waals surface area contributed by atoms with Crippen LogP contribution in [0.1, 0.15) is 12.5 Å². The first-order valence-electron chi connectivity index (χ1n) is 4.99. The monoisotopic (exact) mass is 243 g/mol. The molecule has 0 amide bonds. The molecule has 1 rings (SSSR count). The largest absolute Gasteiger partial charge is 0.485 e. The summed E-state index contributed by atoms with van der Waals surface area (Å²) in [6, 6.07) is 4.80. The van der Waals surface area contributed by atoms with Gasteiger partial charge in [0, 0.05) is 11.1 Å². The first kappa shape index (κ1) is 13.0. The SMILES string of the molecule is C=C(Cl)COc1ccc(CC(C)N)cc1F. The van der Waals surface area contributed by atoms with Crippen molar-refractivity contribution >= 4 is 11.6 Å². The summed E-state index contributed by atoms with van der Waals surface area (Å²) in [6.07, 6.45) is 0.638. The smallest absolute Gasteiger partial charge is 0.165 e. The van der Waals surface area contributed by atoms with E-state index in [0.717, 1.165) is 5.56 Å². The van der Waals surface area contributed by atoms with Crippen molar-refractivity contribution in [3.05, 3.63) is 41.2 Å². The van der Waals surface area contributed by atoms with E-state index in [9.17, 15) is 4.39 Å². The second-order valence-corrected chi connectivity index (χ2v) is 4.29. The van der Waals surface area contributed by atoms with Gasteiger partial charge in [0.1, 0.15) is 6.61 Å². The van der Waals surface area contributed by atoms with Gasteiger partial charge < -0.3 is 10.5 Å². The van der Waals surface area contributed by atoms with Gasteiger partial charge in [0.25, 0.3) is 0 Å². The zero-order valence-corrected chi connectivity index (χ0v) is 9.93. The highest BCUT2D eigenvalue weighted by Crippen LogP contribution is 2.19. The number of nitrogens with two attached hydrogens (primary N) is 1. The standard InChI is InChI=1S/C12H15ClFNO/c1-8(13)7-16-12-4-3-10(5-9(2)15)6-11(12)14/h3-4,6,9H,1,5,7,15H2,2H3. The Bertz CT molecular complexity index is 379. The number of ether oxygens (including phenoxy) is 1. The van der Waals surface area contributed by atoms with Crippen LogP contribution in [0.3, 0.4) is 0 Å². The summed E-state index contributed by atoms with van der Waals surface area (Å²) >= 11 is 5.52. The van der Waals surface area contributed by atoms with Crippen LogP contribution in [0, 0.1) is 5.82 Å². The van der Waals surface area contributed by atoms with E-state index in [1.165, 1.54) is 6.07 Å². The summed E-state index contributed by atoms with van der Waals surface area (Å²) in [7, 11) is 0. The van der Waals surface area contributed by atoms with Crippen LogP contribution in [0.4, 0.5) is 4.39 Å². The van der Waals surface area contributed by atoms with Crippen LogP contribution in [0.2, 0.25) is 0 Å². The van der Waals surface area contributed by atoms with E-state index in [-0.39, 0.29) is 18.4 Å². The molecule has 4 heteroatoms. The summed E-state index contributed by atoms with van der Waals surface area (Å²) < 4.78 is 18.6. The maximum atomic E-state index is 13.5. The molecule has 16 heavy (non-hydrogen) atoms. The van der Waals surface area contributed by atoms with Gasteiger partial charge in [0.15, 0.2) is 11.6 Å². The Morgan fingerprint density at radius 1 is 1.62 bits per heavy atom. The first-order chi connectivity index (χ1) is 7.49. The van der Waals surface area contributed by atoms with Gasteiger partial charge in [-0.25, -0.2) is 4.39 Å². The first-order valence-corrected chi connectivity index (χ1v) is 5.37. The zero-order valence-electron chi connectivity index (χ0n) is 9.17. The fourth-order valence-electron chi connectivity index (χ4n) is 1.32. The zero-order chi connectivity index (χ0) is 12.1. The summed E-state index contributed by atoms with van der Waals surface area (Å²) in [4.78, 5) is 0. The molecule has 1 aromatic rings. The topological polar surface area (TPSA) is 35.2 Å². The molecule has 0 heterocycles. The molecule has 1 aromatic carbocycles. The lowest BCUT2D eigenvalue weighted by Gasteiger charge is -2.09. The minimum atomic E-state index is -0.406. The third-order valence-electron chi connectivity index (χ3n) is 1.94. The van der Waals surface area contributed by atoms with Crippen molar-refractivity contribution in [1.29, 1.82) is 0 Å². The lowest BCUT2D eigenvalue weighted by Crippen LogP contribution is -2.17. The average molecular weight is 244 g/mol. The van der Waals surface area contributed by atoms with Crippen LogP contribution >= 0.6 is 11.6 Å². The Kier molecular flexibility index (Phi) is 4.77. The van der Waals surface area contributed by atoms with Crippen LogP contribution in [0.25, 0.3) is 0 Å². The van der Waals surface area contributed by atoms with Gasteiger partial charge in [-0.2, -0.15) is 0 Å². The number of hydrogen-bond acceptors (Lipinski definition) is 2. The van der Waals surface area contributed by atoms with Gasteiger partial charge in [-0.3, -0.25) is 0 Å². The van der Waals surface area contributed by atoms with Crippen molar-refractivity contribution < 1.29 is 9.13 Å². The molecule has 0 spiro atoms. The average Bonchev–Trinajstić information content (AvgIpc) is 2.15. The van der Waals surface area contributed by atoms with Crippen molar-refractivity contribution in [1.82, 2.24) is 0 Å². The van der Waals surface area contributed by atoms with E-state index >= 15 is 0 Å². The molecule has 1 atom stereocenters. The van der Waals surface area contributed by atoms with Crippen molar-refractivity contribution in [2.24, 2.45) is 5.73 Å². The predicted molar refractivity (Wildman–Crippen MR) is 64.2 cm³/mol. The molecule has 0 aliphatic rings. The number of halogens is 2. The fraction of sp³-hybridized carbons (Fsp3) is 0.333. The van der Waals surface area contributed by atoms with Crippen molar-refractivity contribution in [2.45, 2.75) is 19.4 Å². The molecule has 1 unspecified atom stereocenters. The van der Waals surface area contributed by atoms with Gasteiger partial charge in [0.2, 0.25) is 0 Å². The second kappa shape index (κ2) is 5.87. The molecule has 0 saturated heterocycles.